The van der Waals surface area contributed by atoms with Gasteiger partial charge in [-0.05, 0) is 44.0 Å². The number of aliphatic imine (C=N–C) groups is 1. The molecule has 0 atom stereocenters. The highest BCUT2D eigenvalue weighted by molar-refractivity contribution is 6.20. The number of hydrogen-bond donors (Lipinski definition) is 2. The molecule has 0 saturated carbocycles. The van der Waals surface area contributed by atoms with E-state index in [4.69, 9.17) is 0 Å². The smallest absolute Gasteiger partial charge is 0.151 e. The number of fused-ring (bicyclic) bond motifs is 1. The van der Waals surface area contributed by atoms with Crippen molar-refractivity contribution in [3.8, 4) is 0 Å². The zero-order valence-electron chi connectivity index (χ0n) is 14.9. The Kier molecular flexibility index (Phi) is 4.70. The van der Waals surface area contributed by atoms with Gasteiger partial charge in [0.2, 0.25) is 0 Å². The van der Waals surface area contributed by atoms with Crippen LogP contribution in [-0.4, -0.2) is 17.7 Å². The molecule has 0 radical (unpaired) electrons. The van der Waals surface area contributed by atoms with Crippen LogP contribution in [0.2, 0.25) is 0 Å². The summed E-state index contributed by atoms with van der Waals surface area (Å²) < 4.78 is 14.5. The van der Waals surface area contributed by atoms with E-state index in [-0.39, 0.29) is 5.82 Å². The van der Waals surface area contributed by atoms with E-state index in [2.05, 4.69) is 15.3 Å². The summed E-state index contributed by atoms with van der Waals surface area (Å²) in [5.41, 5.74) is 5.71. The number of nitrogens with zero attached hydrogens (tertiary/aromatic N) is 1. The lowest BCUT2D eigenvalue weighted by Gasteiger charge is -2.09. The van der Waals surface area contributed by atoms with Gasteiger partial charge in [0.15, 0.2) is 5.82 Å². The van der Waals surface area contributed by atoms with E-state index < -0.39 is 0 Å². The monoisotopic (exact) mass is 335 g/mol. The standard InChI is InChI=1S/C21H22FN3/c1-5-13(2)20(25-17-10-6-8-14(3)19(17)22)16-12-24-21-15(16)9-7-11-18(21)23-4/h5-12,23-24H,1-4H3/b13-5-,25-20?. The van der Waals surface area contributed by atoms with Crippen molar-refractivity contribution < 1.29 is 4.39 Å². The normalized spacial score (nSPS) is 12.7. The van der Waals surface area contributed by atoms with Crippen molar-refractivity contribution in [1.82, 2.24) is 4.98 Å². The second-order valence-corrected chi connectivity index (χ2v) is 6.02. The van der Waals surface area contributed by atoms with Crippen LogP contribution >= 0.6 is 0 Å². The predicted octanol–water partition coefficient (Wildman–Crippen LogP) is 5.74. The predicted molar refractivity (Wildman–Crippen MR) is 105 cm³/mol. The Bertz CT molecular complexity index is 980. The summed E-state index contributed by atoms with van der Waals surface area (Å²) in [6.07, 6.45) is 3.93. The van der Waals surface area contributed by atoms with Crippen LogP contribution in [0.4, 0.5) is 15.8 Å². The lowest BCUT2D eigenvalue weighted by Crippen LogP contribution is -2.02. The van der Waals surface area contributed by atoms with Gasteiger partial charge in [-0.1, -0.05) is 30.3 Å². The maximum Gasteiger partial charge on any atom is 0.151 e. The number of aryl methyl sites for hydroxylation is 1. The fourth-order valence-electron chi connectivity index (χ4n) is 2.89. The minimum absolute atomic E-state index is 0.278. The molecule has 4 heteroatoms. The Morgan fingerprint density at radius 3 is 2.68 bits per heavy atom. The quantitative estimate of drug-likeness (QED) is 0.586. The first-order valence-electron chi connectivity index (χ1n) is 8.32. The summed E-state index contributed by atoms with van der Waals surface area (Å²) in [6, 6.07) is 11.4. The van der Waals surface area contributed by atoms with Crippen LogP contribution in [0, 0.1) is 12.7 Å². The lowest BCUT2D eigenvalue weighted by molar-refractivity contribution is 0.621. The van der Waals surface area contributed by atoms with Crippen LogP contribution in [0.15, 0.2) is 59.2 Å². The summed E-state index contributed by atoms with van der Waals surface area (Å²) >= 11 is 0. The highest BCUT2D eigenvalue weighted by Crippen LogP contribution is 2.29. The van der Waals surface area contributed by atoms with Gasteiger partial charge >= 0.3 is 0 Å². The van der Waals surface area contributed by atoms with E-state index in [9.17, 15) is 4.39 Å². The molecule has 0 aliphatic carbocycles. The van der Waals surface area contributed by atoms with Gasteiger partial charge in [-0.2, -0.15) is 0 Å². The SMILES string of the molecule is C/C=C(/C)C(=Nc1cccc(C)c1F)c1c[nH]c2c(NC)cccc12. The van der Waals surface area contributed by atoms with Crippen LogP contribution in [0.25, 0.3) is 10.9 Å². The summed E-state index contributed by atoms with van der Waals surface area (Å²) in [5.74, 6) is -0.278. The first-order valence-corrected chi connectivity index (χ1v) is 8.32. The van der Waals surface area contributed by atoms with Gasteiger partial charge in [-0.3, -0.25) is 0 Å². The van der Waals surface area contributed by atoms with Crippen molar-refractivity contribution in [3.05, 3.63) is 71.2 Å². The zero-order valence-corrected chi connectivity index (χ0v) is 14.9. The lowest BCUT2D eigenvalue weighted by atomic mass is 10.0. The van der Waals surface area contributed by atoms with Gasteiger partial charge in [-0.25, -0.2) is 9.38 Å². The highest BCUT2D eigenvalue weighted by Gasteiger charge is 2.15. The Hall–Kier alpha value is -2.88. The second-order valence-electron chi connectivity index (χ2n) is 6.02. The molecule has 0 aliphatic rings. The van der Waals surface area contributed by atoms with Gasteiger partial charge in [0.25, 0.3) is 0 Å². The van der Waals surface area contributed by atoms with Crippen LogP contribution in [0.5, 0.6) is 0 Å². The molecule has 0 bridgehead atoms. The number of aromatic amines is 1. The number of halogens is 1. The molecular weight excluding hydrogens is 313 g/mol. The molecular formula is C21H22FN3. The summed E-state index contributed by atoms with van der Waals surface area (Å²) in [7, 11) is 1.89. The molecule has 3 aromatic rings. The topological polar surface area (TPSA) is 40.2 Å². The Labute approximate surface area is 147 Å². The summed E-state index contributed by atoms with van der Waals surface area (Å²) in [6.45, 7) is 5.71. The number of H-pyrrole nitrogens is 1. The molecule has 2 N–H and O–H groups in total. The Morgan fingerprint density at radius 1 is 1.20 bits per heavy atom. The molecule has 3 rings (SSSR count). The molecule has 0 unspecified atom stereocenters. The zero-order chi connectivity index (χ0) is 18.0. The van der Waals surface area contributed by atoms with E-state index in [1.807, 2.05) is 57.4 Å². The first kappa shape index (κ1) is 17.0. The minimum atomic E-state index is -0.278. The fraction of sp³-hybridized carbons (Fsp3) is 0.190. The fourth-order valence-corrected chi connectivity index (χ4v) is 2.89. The van der Waals surface area contributed by atoms with Crippen molar-refractivity contribution in [2.24, 2.45) is 4.99 Å². The maximum atomic E-state index is 14.5. The van der Waals surface area contributed by atoms with Crippen LogP contribution in [0.3, 0.4) is 0 Å². The minimum Gasteiger partial charge on any atom is -0.386 e. The third-order valence-corrected chi connectivity index (χ3v) is 4.45. The number of allylic oxidation sites excluding steroid dienone is 2. The molecule has 2 aromatic carbocycles. The van der Waals surface area contributed by atoms with Gasteiger partial charge in [-0.15, -0.1) is 0 Å². The second kappa shape index (κ2) is 6.93. The largest absolute Gasteiger partial charge is 0.386 e. The molecule has 1 heterocycles. The van der Waals surface area contributed by atoms with E-state index in [0.717, 1.165) is 33.4 Å². The molecule has 0 fully saturated rings. The highest BCUT2D eigenvalue weighted by atomic mass is 19.1. The average molecular weight is 335 g/mol. The van der Waals surface area contributed by atoms with Crippen molar-refractivity contribution in [3.63, 3.8) is 0 Å². The third kappa shape index (κ3) is 3.07. The number of rotatable bonds is 4. The average Bonchev–Trinajstić information content (AvgIpc) is 3.06. The van der Waals surface area contributed by atoms with E-state index in [1.54, 1.807) is 19.1 Å². The van der Waals surface area contributed by atoms with Crippen LogP contribution in [0.1, 0.15) is 25.0 Å². The van der Waals surface area contributed by atoms with Gasteiger partial charge in [0, 0.05) is 24.2 Å². The van der Waals surface area contributed by atoms with Crippen LogP contribution in [-0.2, 0) is 0 Å². The number of aromatic nitrogens is 1. The summed E-state index contributed by atoms with van der Waals surface area (Å²) in [5, 5.41) is 4.24. The molecule has 0 aliphatic heterocycles. The molecule has 1 aromatic heterocycles. The number of nitrogens with one attached hydrogen (secondary N) is 2. The number of anilines is 1. The van der Waals surface area contributed by atoms with E-state index in [0.29, 0.717) is 11.3 Å². The van der Waals surface area contributed by atoms with E-state index >= 15 is 0 Å². The third-order valence-electron chi connectivity index (χ3n) is 4.45. The van der Waals surface area contributed by atoms with Gasteiger partial charge in [0.05, 0.1) is 22.6 Å². The Morgan fingerprint density at radius 2 is 1.96 bits per heavy atom. The van der Waals surface area contributed by atoms with Crippen molar-refractivity contribution in [2.45, 2.75) is 20.8 Å². The molecule has 25 heavy (non-hydrogen) atoms. The van der Waals surface area contributed by atoms with Crippen molar-refractivity contribution in [2.75, 3.05) is 12.4 Å². The van der Waals surface area contributed by atoms with Gasteiger partial charge < -0.3 is 10.3 Å². The van der Waals surface area contributed by atoms with Gasteiger partial charge in [0.1, 0.15) is 0 Å². The Balaban J connectivity index is 2.25. The molecule has 0 amide bonds. The van der Waals surface area contributed by atoms with Crippen molar-refractivity contribution in [1.29, 1.82) is 0 Å². The number of para-hydroxylation sites is 1. The van der Waals surface area contributed by atoms with Crippen molar-refractivity contribution >= 4 is 28.0 Å². The summed E-state index contributed by atoms with van der Waals surface area (Å²) in [4.78, 5) is 7.99. The maximum absolute atomic E-state index is 14.5. The number of hydrogen-bond acceptors (Lipinski definition) is 2. The van der Waals surface area contributed by atoms with E-state index in [1.165, 1.54) is 0 Å². The van der Waals surface area contributed by atoms with Crippen LogP contribution < -0.4 is 5.32 Å². The molecule has 3 nitrogen and oxygen atoms in total. The first-order chi connectivity index (χ1) is 12.1. The molecule has 0 spiro atoms. The molecule has 128 valence electrons. The number of benzene rings is 2. The molecule has 0 saturated heterocycles.